The zero-order chi connectivity index (χ0) is 25.9. The first-order valence-electron chi connectivity index (χ1n) is 12.4. The summed E-state index contributed by atoms with van der Waals surface area (Å²) in [5.41, 5.74) is 3.02. The molecule has 0 aromatic heterocycles. The third-order valence-electron chi connectivity index (χ3n) is 6.42. The quantitative estimate of drug-likeness (QED) is 0.453. The van der Waals surface area contributed by atoms with Crippen LogP contribution in [0.25, 0.3) is 0 Å². The van der Waals surface area contributed by atoms with E-state index in [2.05, 4.69) is 5.32 Å². The first-order valence-corrected chi connectivity index (χ1v) is 12.4. The van der Waals surface area contributed by atoms with Gasteiger partial charge in [0, 0.05) is 17.6 Å². The number of ether oxygens (including phenoxy) is 1. The molecule has 3 aromatic rings. The molecule has 6 heteroatoms. The zero-order valence-corrected chi connectivity index (χ0v) is 21.3. The molecule has 0 radical (unpaired) electrons. The van der Waals surface area contributed by atoms with Crippen LogP contribution in [-0.4, -0.2) is 29.4 Å². The van der Waals surface area contributed by atoms with Gasteiger partial charge >= 0.3 is 0 Å². The van der Waals surface area contributed by atoms with Crippen LogP contribution in [0, 0.1) is 11.2 Å². The molecule has 4 rings (SSSR count). The fourth-order valence-corrected chi connectivity index (χ4v) is 4.55. The van der Waals surface area contributed by atoms with Crippen LogP contribution < -0.4 is 10.1 Å². The number of carbonyl (C=O) groups excluding carboxylic acids is 2. The van der Waals surface area contributed by atoms with Crippen LogP contribution >= 0.6 is 0 Å². The summed E-state index contributed by atoms with van der Waals surface area (Å²) in [4.78, 5) is 28.2. The molecule has 5 nitrogen and oxygen atoms in total. The lowest BCUT2D eigenvalue weighted by molar-refractivity contribution is -0.141. The van der Waals surface area contributed by atoms with Crippen molar-refractivity contribution in [2.24, 2.45) is 5.41 Å². The lowest BCUT2D eigenvalue weighted by Gasteiger charge is -2.41. The van der Waals surface area contributed by atoms with Gasteiger partial charge < -0.3 is 15.0 Å². The maximum Gasteiger partial charge on any atom is 0.265 e. The Morgan fingerprint density at radius 3 is 2.39 bits per heavy atom. The molecular weight excluding hydrogens is 455 g/mol. The van der Waals surface area contributed by atoms with Gasteiger partial charge in [0.15, 0.2) is 6.10 Å². The van der Waals surface area contributed by atoms with Crippen molar-refractivity contribution in [3.63, 3.8) is 0 Å². The fraction of sp³-hybridized carbons (Fsp3) is 0.333. The van der Waals surface area contributed by atoms with E-state index in [1.165, 1.54) is 12.1 Å². The second kappa shape index (κ2) is 10.5. The molecule has 0 bridgehead atoms. The summed E-state index contributed by atoms with van der Waals surface area (Å²) in [6.45, 7) is 8.19. The Kier molecular flexibility index (Phi) is 7.43. The molecule has 0 aliphatic carbocycles. The highest BCUT2D eigenvalue weighted by atomic mass is 19.1. The Morgan fingerprint density at radius 1 is 1.06 bits per heavy atom. The van der Waals surface area contributed by atoms with Gasteiger partial charge in [-0.3, -0.25) is 9.59 Å². The van der Waals surface area contributed by atoms with Crippen molar-refractivity contribution in [2.75, 3.05) is 11.9 Å². The molecule has 36 heavy (non-hydrogen) atoms. The maximum absolute atomic E-state index is 13.7. The van der Waals surface area contributed by atoms with Crippen molar-refractivity contribution in [1.82, 2.24) is 4.90 Å². The zero-order valence-electron chi connectivity index (χ0n) is 21.3. The molecule has 0 spiro atoms. The smallest absolute Gasteiger partial charge is 0.265 e. The first kappa shape index (κ1) is 25.4. The monoisotopic (exact) mass is 488 g/mol. The summed E-state index contributed by atoms with van der Waals surface area (Å²) >= 11 is 0. The van der Waals surface area contributed by atoms with E-state index in [0.717, 1.165) is 16.7 Å². The number of amides is 2. The molecule has 2 amide bonds. The van der Waals surface area contributed by atoms with E-state index in [0.29, 0.717) is 30.8 Å². The minimum atomic E-state index is -0.677. The van der Waals surface area contributed by atoms with E-state index < -0.39 is 11.5 Å². The van der Waals surface area contributed by atoms with E-state index >= 15 is 0 Å². The molecule has 0 saturated carbocycles. The van der Waals surface area contributed by atoms with Crippen molar-refractivity contribution in [1.29, 1.82) is 0 Å². The third-order valence-corrected chi connectivity index (χ3v) is 6.42. The molecule has 3 aromatic carbocycles. The molecule has 2 atom stereocenters. The predicted octanol–water partition coefficient (Wildman–Crippen LogP) is 6.14. The normalized spacial score (nSPS) is 16.1. The Balaban J connectivity index is 1.66. The van der Waals surface area contributed by atoms with Crippen molar-refractivity contribution < 1.29 is 18.7 Å². The van der Waals surface area contributed by atoms with Gasteiger partial charge in [-0.25, -0.2) is 4.39 Å². The van der Waals surface area contributed by atoms with Gasteiger partial charge in [-0.2, -0.15) is 0 Å². The number of anilines is 1. The highest BCUT2D eigenvalue weighted by molar-refractivity contribution is 5.94. The number of nitrogens with one attached hydrogen (secondary N) is 1. The van der Waals surface area contributed by atoms with Crippen LogP contribution in [0.1, 0.15) is 56.8 Å². The van der Waals surface area contributed by atoms with Gasteiger partial charge in [0.1, 0.15) is 11.6 Å². The van der Waals surface area contributed by atoms with Crippen molar-refractivity contribution in [2.45, 2.75) is 52.7 Å². The van der Waals surface area contributed by atoms with Crippen molar-refractivity contribution >= 4 is 17.5 Å². The van der Waals surface area contributed by atoms with Crippen LogP contribution in [0.5, 0.6) is 5.75 Å². The second-order valence-corrected chi connectivity index (χ2v) is 10.2. The van der Waals surface area contributed by atoms with Crippen molar-refractivity contribution in [3.05, 3.63) is 95.3 Å². The summed E-state index contributed by atoms with van der Waals surface area (Å²) in [5, 5.41) is 2.90. The molecule has 0 saturated heterocycles. The molecular formula is C30H33FN2O3. The number of hydrogen-bond acceptors (Lipinski definition) is 3. The molecule has 0 unspecified atom stereocenters. The molecule has 1 aliphatic rings. The minimum Gasteiger partial charge on any atom is -0.481 e. The molecule has 188 valence electrons. The van der Waals surface area contributed by atoms with Crippen LogP contribution in [-0.2, 0) is 16.0 Å². The van der Waals surface area contributed by atoms with E-state index in [-0.39, 0.29) is 23.7 Å². The lowest BCUT2D eigenvalue weighted by Crippen LogP contribution is -2.45. The maximum atomic E-state index is 13.7. The first-order chi connectivity index (χ1) is 17.2. The van der Waals surface area contributed by atoms with Crippen LogP contribution in [0.3, 0.4) is 0 Å². The van der Waals surface area contributed by atoms with E-state index in [1.807, 2.05) is 81.1 Å². The lowest BCUT2D eigenvalue weighted by atomic mass is 9.85. The highest BCUT2D eigenvalue weighted by Gasteiger charge is 2.37. The van der Waals surface area contributed by atoms with E-state index in [9.17, 15) is 14.0 Å². The Morgan fingerprint density at radius 2 is 1.75 bits per heavy atom. The third kappa shape index (κ3) is 5.59. The number of rotatable bonds is 6. The number of fused-ring (bicyclic) bond motifs is 1. The Hall–Kier alpha value is -3.67. The predicted molar refractivity (Wildman–Crippen MR) is 139 cm³/mol. The second-order valence-electron chi connectivity index (χ2n) is 10.2. The fourth-order valence-electron chi connectivity index (χ4n) is 4.55. The van der Waals surface area contributed by atoms with Crippen LogP contribution in [0.15, 0.2) is 72.8 Å². The van der Waals surface area contributed by atoms with Gasteiger partial charge in [0.25, 0.3) is 5.91 Å². The van der Waals surface area contributed by atoms with E-state index in [1.54, 1.807) is 12.1 Å². The largest absolute Gasteiger partial charge is 0.481 e. The molecule has 1 heterocycles. The van der Waals surface area contributed by atoms with Gasteiger partial charge in [-0.05, 0) is 65.9 Å². The van der Waals surface area contributed by atoms with Gasteiger partial charge in [-0.15, -0.1) is 0 Å². The molecule has 1 N–H and O–H groups in total. The number of hydrogen-bond donors (Lipinski definition) is 1. The summed E-state index contributed by atoms with van der Waals surface area (Å²) in [6, 6.07) is 21.0. The average Bonchev–Trinajstić information content (AvgIpc) is 2.86. The summed E-state index contributed by atoms with van der Waals surface area (Å²) in [6.07, 6.45) is 0.524. The van der Waals surface area contributed by atoms with E-state index in [4.69, 9.17) is 4.74 Å². The topological polar surface area (TPSA) is 58.6 Å². The van der Waals surface area contributed by atoms with Gasteiger partial charge in [-0.1, -0.05) is 64.1 Å². The number of halogens is 1. The molecule has 1 aliphatic heterocycles. The summed E-state index contributed by atoms with van der Waals surface area (Å²) in [5.74, 6) is 0.0419. The summed E-state index contributed by atoms with van der Waals surface area (Å²) < 4.78 is 19.9. The number of para-hydroxylation sites is 1. The highest BCUT2D eigenvalue weighted by Crippen LogP contribution is 2.39. The minimum absolute atomic E-state index is 0.0301. The number of nitrogens with zero attached hydrogens (tertiary/aromatic N) is 1. The van der Waals surface area contributed by atoms with Gasteiger partial charge in [0.05, 0.1) is 6.04 Å². The number of carbonyl (C=O) groups is 2. The van der Waals surface area contributed by atoms with Crippen LogP contribution in [0.4, 0.5) is 10.1 Å². The molecule has 0 fully saturated rings. The Labute approximate surface area is 212 Å². The standard InChI is InChI=1S/C30H33FN2O3/c1-5-26(28(34)32-23-9-7-6-8-10-23)36-24-16-13-20-17-18-33(29(35)30(2,3)4)27(25(20)19-24)21-11-14-22(31)15-12-21/h6-16,19,26-27H,5,17-18H2,1-4H3,(H,32,34)/t26-,27-/m1/s1. The van der Waals surface area contributed by atoms with Crippen molar-refractivity contribution in [3.8, 4) is 5.75 Å². The Bertz CT molecular complexity index is 1220. The number of benzene rings is 3. The summed E-state index contributed by atoms with van der Waals surface area (Å²) in [7, 11) is 0. The van der Waals surface area contributed by atoms with Crippen LogP contribution in [0.2, 0.25) is 0 Å². The average molecular weight is 489 g/mol. The van der Waals surface area contributed by atoms with Gasteiger partial charge in [0.2, 0.25) is 5.91 Å². The SMILES string of the molecule is CC[C@@H](Oc1ccc2c(c1)[C@@H](c1ccc(F)cc1)N(C(=O)C(C)(C)C)CC2)C(=O)Nc1ccccc1.